The van der Waals surface area contributed by atoms with Gasteiger partial charge in [0.2, 0.25) is 0 Å². The molecule has 0 atom stereocenters. The lowest BCUT2D eigenvalue weighted by atomic mass is 10.5. The van der Waals surface area contributed by atoms with Crippen molar-refractivity contribution in [2.24, 2.45) is 0 Å². The van der Waals surface area contributed by atoms with E-state index in [4.69, 9.17) is 17.7 Å². The molecule has 0 aliphatic rings. The highest BCUT2D eigenvalue weighted by molar-refractivity contribution is 6.53. The highest BCUT2D eigenvalue weighted by Crippen LogP contribution is 2.12. The van der Waals surface area contributed by atoms with Gasteiger partial charge in [-0.25, -0.2) is 0 Å². The molecule has 0 amide bonds. The van der Waals surface area contributed by atoms with Crippen LogP contribution >= 0.6 is 0 Å². The van der Waals surface area contributed by atoms with E-state index in [0.29, 0.717) is 26.4 Å². The molecule has 0 aliphatic heterocycles. The first kappa shape index (κ1) is 17.4. The lowest BCUT2D eigenvalue weighted by Crippen LogP contribution is -2.49. The first-order chi connectivity index (χ1) is 6.74. The zero-order valence-electron chi connectivity index (χ0n) is 10.2. The quantitative estimate of drug-likeness (QED) is 0.567. The normalized spacial score (nSPS) is 11.2. The van der Waals surface area contributed by atoms with Crippen molar-refractivity contribution in [1.82, 2.24) is 0 Å². The fourth-order valence-corrected chi connectivity index (χ4v) is 3.02. The maximum Gasteiger partial charge on any atom is 0.679 e. The van der Waals surface area contributed by atoms with Gasteiger partial charge in [0.1, 0.15) is 0 Å². The molecule has 0 rings (SSSR count). The van der Waals surface area contributed by atoms with E-state index in [-0.39, 0.29) is 5.48 Å². The third kappa shape index (κ3) is 6.99. The van der Waals surface area contributed by atoms with E-state index in [1.165, 1.54) is 0 Å². The second-order valence-corrected chi connectivity index (χ2v) is 4.80. The minimum Gasteiger partial charge on any atom is -0.412 e. The Kier molecular flexibility index (Phi) is 12.2. The van der Waals surface area contributed by atoms with Gasteiger partial charge in [-0.2, -0.15) is 0 Å². The van der Waals surface area contributed by atoms with Gasteiger partial charge < -0.3 is 23.2 Å². The number of rotatable bonds is 9. The smallest absolute Gasteiger partial charge is 0.412 e. The molecule has 2 N–H and O–H groups in total. The van der Waals surface area contributed by atoms with Crippen LogP contribution < -0.4 is 0 Å². The molecule has 6 heteroatoms. The molecule has 0 bridgehead atoms. The van der Waals surface area contributed by atoms with Gasteiger partial charge in [0.15, 0.2) is 0 Å². The third-order valence-corrected chi connectivity index (χ3v) is 3.93. The molecule has 15 heavy (non-hydrogen) atoms. The maximum absolute atomic E-state index is 5.57. The summed E-state index contributed by atoms with van der Waals surface area (Å²) in [4.78, 5) is 0. The summed E-state index contributed by atoms with van der Waals surface area (Å²) in [6.45, 7) is 10.1. The van der Waals surface area contributed by atoms with Crippen LogP contribution in [0.4, 0.5) is 0 Å². The Labute approximate surface area is 93.5 Å². The molecule has 0 spiro atoms. The average molecular weight is 240 g/mol. The fraction of sp³-hybridized carbons (Fsp3) is 1.00. The summed E-state index contributed by atoms with van der Waals surface area (Å²) >= 11 is 0. The monoisotopic (exact) mass is 240 g/mol. The van der Waals surface area contributed by atoms with Crippen LogP contribution in [0, 0.1) is 0 Å². The van der Waals surface area contributed by atoms with E-state index < -0.39 is 9.05 Å². The zero-order valence-corrected chi connectivity index (χ0v) is 11.2. The van der Waals surface area contributed by atoms with Crippen molar-refractivity contribution < 1.29 is 23.2 Å². The van der Waals surface area contributed by atoms with Crippen molar-refractivity contribution in [3.05, 3.63) is 0 Å². The van der Waals surface area contributed by atoms with Gasteiger partial charge in [-0.05, 0) is 27.2 Å². The van der Waals surface area contributed by atoms with E-state index in [0.717, 1.165) is 6.42 Å². The van der Waals surface area contributed by atoms with Crippen LogP contribution in [0.15, 0.2) is 0 Å². The van der Waals surface area contributed by atoms with Crippen molar-refractivity contribution >= 4 is 9.05 Å². The van der Waals surface area contributed by atoms with Crippen LogP contribution in [-0.2, 0) is 17.7 Å². The Bertz CT molecular complexity index is 117. The molecule has 5 nitrogen and oxygen atoms in total. The molecule has 0 saturated carbocycles. The predicted octanol–water partition coefficient (Wildman–Crippen LogP) is 1.13. The molecule has 0 aromatic carbocycles. The van der Waals surface area contributed by atoms with E-state index in [2.05, 4.69) is 0 Å². The Morgan fingerprint density at radius 3 is 1.40 bits per heavy atom. The van der Waals surface area contributed by atoms with Crippen LogP contribution in [-0.4, -0.2) is 41.0 Å². The maximum atomic E-state index is 5.57. The second-order valence-electron chi connectivity index (χ2n) is 2.65. The van der Waals surface area contributed by atoms with E-state index >= 15 is 0 Å². The standard InChI is InChI=1S/C9H22O4Si.H2O/c1-5-9-13-14(10-6-2,11-7-3)12-8-4;/h5-9H2,1-4H3;1H2. The topological polar surface area (TPSA) is 68.4 Å². The molecule has 0 fully saturated rings. The van der Waals surface area contributed by atoms with Gasteiger partial charge in [-0.3, -0.25) is 0 Å². The van der Waals surface area contributed by atoms with Crippen LogP contribution in [0.3, 0.4) is 0 Å². The van der Waals surface area contributed by atoms with Gasteiger partial charge in [0, 0.05) is 26.4 Å². The lowest BCUT2D eigenvalue weighted by Gasteiger charge is -2.26. The van der Waals surface area contributed by atoms with Crippen molar-refractivity contribution in [3.63, 3.8) is 0 Å². The van der Waals surface area contributed by atoms with Crippen LogP contribution in [0.1, 0.15) is 34.1 Å². The van der Waals surface area contributed by atoms with Gasteiger partial charge in [-0.15, -0.1) is 0 Å². The van der Waals surface area contributed by atoms with Crippen LogP contribution in [0.25, 0.3) is 0 Å². The van der Waals surface area contributed by atoms with Crippen molar-refractivity contribution in [2.75, 3.05) is 26.4 Å². The van der Waals surface area contributed by atoms with Crippen molar-refractivity contribution in [1.29, 1.82) is 0 Å². The Balaban J connectivity index is 0. The fourth-order valence-electron chi connectivity index (χ4n) is 1.01. The summed E-state index contributed by atoms with van der Waals surface area (Å²) in [5, 5.41) is 0. The number of hydrogen-bond donors (Lipinski definition) is 0. The van der Waals surface area contributed by atoms with Gasteiger partial charge in [0.25, 0.3) is 0 Å². The van der Waals surface area contributed by atoms with Gasteiger partial charge >= 0.3 is 9.05 Å². The average Bonchev–Trinajstić information content (AvgIpc) is 2.16. The Morgan fingerprint density at radius 1 is 0.733 bits per heavy atom. The SMILES string of the molecule is CCCO[Si](OCC)(OCC)OCC.O. The van der Waals surface area contributed by atoms with Crippen LogP contribution in [0.5, 0.6) is 0 Å². The van der Waals surface area contributed by atoms with E-state index in [9.17, 15) is 0 Å². The summed E-state index contributed by atoms with van der Waals surface area (Å²) in [6.07, 6.45) is 0.933. The molecular formula is C9H24O5Si. The molecular weight excluding hydrogens is 216 g/mol. The molecule has 0 aliphatic carbocycles. The third-order valence-electron chi connectivity index (χ3n) is 1.45. The summed E-state index contributed by atoms with van der Waals surface area (Å²) in [7, 11) is -2.82. The summed E-state index contributed by atoms with van der Waals surface area (Å²) < 4.78 is 22.0. The number of hydrogen-bond acceptors (Lipinski definition) is 4. The highest BCUT2D eigenvalue weighted by Gasteiger charge is 2.44. The molecule has 0 heterocycles. The summed E-state index contributed by atoms with van der Waals surface area (Å²) in [5.41, 5.74) is 0. The molecule has 0 aromatic rings. The largest absolute Gasteiger partial charge is 0.679 e. The molecule has 0 saturated heterocycles. The summed E-state index contributed by atoms with van der Waals surface area (Å²) in [5.74, 6) is 0. The van der Waals surface area contributed by atoms with E-state index in [1.807, 2.05) is 27.7 Å². The Hall–Kier alpha value is 0.0169. The first-order valence-electron chi connectivity index (χ1n) is 5.30. The predicted molar refractivity (Wildman–Crippen MR) is 60.5 cm³/mol. The first-order valence-corrected chi connectivity index (χ1v) is 6.93. The lowest BCUT2D eigenvalue weighted by molar-refractivity contribution is -0.0272. The van der Waals surface area contributed by atoms with Crippen molar-refractivity contribution in [3.8, 4) is 0 Å². The molecule has 0 radical (unpaired) electrons. The minimum absolute atomic E-state index is 0. The van der Waals surface area contributed by atoms with Crippen LogP contribution in [0.2, 0.25) is 0 Å². The molecule has 0 unspecified atom stereocenters. The second kappa shape index (κ2) is 10.5. The Morgan fingerprint density at radius 2 is 1.13 bits per heavy atom. The molecule has 0 aromatic heterocycles. The summed E-state index contributed by atoms with van der Waals surface area (Å²) in [6, 6.07) is 0. The van der Waals surface area contributed by atoms with Gasteiger partial charge in [0.05, 0.1) is 0 Å². The van der Waals surface area contributed by atoms with Crippen molar-refractivity contribution in [2.45, 2.75) is 34.1 Å². The molecule has 94 valence electrons. The van der Waals surface area contributed by atoms with E-state index in [1.54, 1.807) is 0 Å². The zero-order chi connectivity index (χ0) is 10.9. The minimum atomic E-state index is -2.82. The highest BCUT2D eigenvalue weighted by atomic mass is 28.4. The van der Waals surface area contributed by atoms with Gasteiger partial charge in [-0.1, -0.05) is 6.92 Å².